The summed E-state index contributed by atoms with van der Waals surface area (Å²) in [7, 11) is 1.60. The molecule has 0 aliphatic carbocycles. The fourth-order valence-electron chi connectivity index (χ4n) is 2.90. The zero-order valence-corrected chi connectivity index (χ0v) is 14.9. The van der Waals surface area contributed by atoms with Crippen LogP contribution in [-0.4, -0.2) is 54.9 Å². The van der Waals surface area contributed by atoms with E-state index >= 15 is 0 Å². The van der Waals surface area contributed by atoms with Gasteiger partial charge < -0.3 is 14.5 Å². The molecule has 5 nitrogen and oxygen atoms in total. The Morgan fingerprint density at radius 2 is 1.74 bits per heavy atom. The van der Waals surface area contributed by atoms with Crippen LogP contribution >= 0.6 is 11.6 Å². The second kappa shape index (κ2) is 7.21. The minimum absolute atomic E-state index is 0.0366. The molecular formula is C17H23ClN2O3. The van der Waals surface area contributed by atoms with Crippen molar-refractivity contribution in [3.63, 3.8) is 0 Å². The van der Waals surface area contributed by atoms with Gasteiger partial charge >= 0.3 is 0 Å². The third kappa shape index (κ3) is 3.78. The molecule has 1 fully saturated rings. The summed E-state index contributed by atoms with van der Waals surface area (Å²) >= 11 is 6.31. The molecule has 0 atom stereocenters. The van der Waals surface area contributed by atoms with Gasteiger partial charge in [0, 0.05) is 43.7 Å². The molecule has 0 bridgehead atoms. The Kier molecular flexibility index (Phi) is 5.52. The molecule has 0 unspecified atom stereocenters. The third-order valence-electron chi connectivity index (χ3n) is 4.40. The summed E-state index contributed by atoms with van der Waals surface area (Å²) in [6.45, 7) is 7.70. The number of piperazine rings is 1. The van der Waals surface area contributed by atoms with Crippen molar-refractivity contribution in [2.75, 3.05) is 33.3 Å². The van der Waals surface area contributed by atoms with Crippen LogP contribution in [0.15, 0.2) is 6.07 Å². The molecule has 6 heteroatoms. The van der Waals surface area contributed by atoms with Crippen molar-refractivity contribution in [1.29, 1.82) is 0 Å². The highest BCUT2D eigenvalue weighted by Crippen LogP contribution is 2.32. The Hall–Kier alpha value is -1.75. The zero-order valence-electron chi connectivity index (χ0n) is 14.1. The number of halogens is 1. The lowest BCUT2D eigenvalue weighted by Gasteiger charge is -2.34. The number of aryl methyl sites for hydroxylation is 1. The number of benzene rings is 1. The Morgan fingerprint density at radius 1 is 1.17 bits per heavy atom. The van der Waals surface area contributed by atoms with Gasteiger partial charge in [-0.2, -0.15) is 0 Å². The SMILES string of the molecule is COc1cc(C)c(Cl)c(C)c1CC(=O)N1CCN(C(C)=O)CC1. The van der Waals surface area contributed by atoms with E-state index in [1.807, 2.05) is 19.9 Å². The van der Waals surface area contributed by atoms with Crippen molar-refractivity contribution in [1.82, 2.24) is 9.80 Å². The van der Waals surface area contributed by atoms with Crippen molar-refractivity contribution in [3.05, 3.63) is 27.8 Å². The van der Waals surface area contributed by atoms with Crippen LogP contribution < -0.4 is 4.74 Å². The lowest BCUT2D eigenvalue weighted by molar-refractivity contribution is -0.138. The molecule has 1 aliphatic heterocycles. The molecular weight excluding hydrogens is 316 g/mol. The molecule has 0 radical (unpaired) electrons. The Balaban J connectivity index is 2.12. The second-order valence-electron chi connectivity index (χ2n) is 5.88. The molecule has 23 heavy (non-hydrogen) atoms. The van der Waals surface area contributed by atoms with Crippen molar-refractivity contribution in [2.24, 2.45) is 0 Å². The van der Waals surface area contributed by atoms with Gasteiger partial charge in [0.1, 0.15) is 5.75 Å². The Bertz CT molecular complexity index is 623. The molecule has 2 amide bonds. The topological polar surface area (TPSA) is 49.9 Å². The van der Waals surface area contributed by atoms with Gasteiger partial charge in [0.05, 0.1) is 13.5 Å². The molecule has 0 N–H and O–H groups in total. The van der Waals surface area contributed by atoms with E-state index in [9.17, 15) is 9.59 Å². The van der Waals surface area contributed by atoms with Crippen LogP contribution in [0.3, 0.4) is 0 Å². The first-order valence-electron chi connectivity index (χ1n) is 7.71. The number of nitrogens with zero attached hydrogens (tertiary/aromatic N) is 2. The van der Waals surface area contributed by atoms with Gasteiger partial charge in [-0.15, -0.1) is 0 Å². The van der Waals surface area contributed by atoms with E-state index in [-0.39, 0.29) is 18.2 Å². The Labute approximate surface area is 142 Å². The summed E-state index contributed by atoms with van der Waals surface area (Å²) in [5.74, 6) is 0.787. The van der Waals surface area contributed by atoms with Crippen LogP contribution in [-0.2, 0) is 16.0 Å². The number of ether oxygens (including phenoxy) is 1. The number of amides is 2. The number of methoxy groups -OCH3 is 1. The lowest BCUT2D eigenvalue weighted by Crippen LogP contribution is -2.50. The Morgan fingerprint density at radius 3 is 2.26 bits per heavy atom. The number of rotatable bonds is 3. The monoisotopic (exact) mass is 338 g/mol. The highest BCUT2D eigenvalue weighted by Gasteiger charge is 2.24. The molecule has 1 aromatic rings. The predicted octanol–water partition coefficient (Wildman–Crippen LogP) is 2.20. The number of carbonyl (C=O) groups excluding carboxylic acids is 2. The number of carbonyl (C=O) groups is 2. The first-order chi connectivity index (χ1) is 10.8. The van der Waals surface area contributed by atoms with Gasteiger partial charge in [0.15, 0.2) is 0 Å². The van der Waals surface area contributed by atoms with E-state index in [1.54, 1.807) is 23.8 Å². The van der Waals surface area contributed by atoms with E-state index in [4.69, 9.17) is 16.3 Å². The molecule has 2 rings (SSSR count). The van der Waals surface area contributed by atoms with Crippen LogP contribution in [0.5, 0.6) is 5.75 Å². The maximum atomic E-state index is 12.6. The minimum Gasteiger partial charge on any atom is -0.496 e. The summed E-state index contributed by atoms with van der Waals surface area (Å²) < 4.78 is 5.42. The molecule has 1 saturated heterocycles. The van der Waals surface area contributed by atoms with Crippen LogP contribution in [0.25, 0.3) is 0 Å². The first-order valence-corrected chi connectivity index (χ1v) is 8.08. The predicted molar refractivity (Wildman–Crippen MR) is 90.0 cm³/mol. The van der Waals surface area contributed by atoms with Crippen LogP contribution in [0, 0.1) is 13.8 Å². The van der Waals surface area contributed by atoms with Gasteiger partial charge in [-0.05, 0) is 31.0 Å². The van der Waals surface area contributed by atoms with Crippen LogP contribution in [0.1, 0.15) is 23.6 Å². The zero-order chi connectivity index (χ0) is 17.1. The summed E-state index contributed by atoms with van der Waals surface area (Å²) in [5.41, 5.74) is 2.66. The van der Waals surface area contributed by atoms with E-state index in [0.717, 1.165) is 16.7 Å². The van der Waals surface area contributed by atoms with Crippen molar-refractivity contribution in [3.8, 4) is 5.75 Å². The molecule has 1 aliphatic rings. The maximum absolute atomic E-state index is 12.6. The molecule has 1 heterocycles. The van der Waals surface area contributed by atoms with Crippen LogP contribution in [0.2, 0.25) is 5.02 Å². The first kappa shape index (κ1) is 17.6. The van der Waals surface area contributed by atoms with Gasteiger partial charge in [-0.25, -0.2) is 0 Å². The molecule has 126 valence electrons. The molecule has 0 spiro atoms. The van der Waals surface area contributed by atoms with Gasteiger partial charge in [-0.1, -0.05) is 11.6 Å². The van der Waals surface area contributed by atoms with Crippen molar-refractivity contribution in [2.45, 2.75) is 27.2 Å². The maximum Gasteiger partial charge on any atom is 0.227 e. The standard InChI is InChI=1S/C17H23ClN2O3/c1-11-9-15(23-4)14(12(2)17(11)18)10-16(22)20-7-5-19(6-8-20)13(3)21/h9H,5-8,10H2,1-4H3. The van der Waals surface area contributed by atoms with Gasteiger partial charge in [-0.3, -0.25) is 9.59 Å². The minimum atomic E-state index is 0.0366. The van der Waals surface area contributed by atoms with E-state index in [2.05, 4.69) is 0 Å². The summed E-state index contributed by atoms with van der Waals surface area (Å²) in [4.78, 5) is 27.5. The molecule has 0 saturated carbocycles. The summed E-state index contributed by atoms with van der Waals surface area (Å²) in [6.07, 6.45) is 0.259. The van der Waals surface area contributed by atoms with E-state index in [0.29, 0.717) is 37.0 Å². The highest BCUT2D eigenvalue weighted by atomic mass is 35.5. The van der Waals surface area contributed by atoms with Gasteiger partial charge in [0.25, 0.3) is 0 Å². The van der Waals surface area contributed by atoms with Crippen LogP contribution in [0.4, 0.5) is 0 Å². The highest BCUT2D eigenvalue weighted by molar-refractivity contribution is 6.32. The number of hydrogen-bond donors (Lipinski definition) is 0. The van der Waals surface area contributed by atoms with Crippen molar-refractivity contribution >= 4 is 23.4 Å². The van der Waals surface area contributed by atoms with E-state index < -0.39 is 0 Å². The quantitative estimate of drug-likeness (QED) is 0.849. The normalized spacial score (nSPS) is 14.8. The summed E-state index contributed by atoms with van der Waals surface area (Å²) in [5, 5.41) is 0.676. The smallest absolute Gasteiger partial charge is 0.227 e. The second-order valence-corrected chi connectivity index (χ2v) is 6.25. The molecule has 1 aromatic carbocycles. The number of hydrogen-bond acceptors (Lipinski definition) is 3. The summed E-state index contributed by atoms with van der Waals surface area (Å²) in [6, 6.07) is 1.87. The fraction of sp³-hybridized carbons (Fsp3) is 0.529. The largest absolute Gasteiger partial charge is 0.496 e. The lowest BCUT2D eigenvalue weighted by atomic mass is 10.0. The fourth-order valence-corrected chi connectivity index (χ4v) is 3.06. The van der Waals surface area contributed by atoms with Crippen molar-refractivity contribution < 1.29 is 14.3 Å². The third-order valence-corrected chi connectivity index (χ3v) is 4.98. The average Bonchev–Trinajstić information content (AvgIpc) is 2.55. The van der Waals surface area contributed by atoms with E-state index in [1.165, 1.54) is 0 Å². The van der Waals surface area contributed by atoms with Gasteiger partial charge in [0.2, 0.25) is 11.8 Å². The molecule has 0 aromatic heterocycles. The average molecular weight is 339 g/mol.